The molecule has 1 heterocycles. The third kappa shape index (κ3) is 1.86. The summed E-state index contributed by atoms with van der Waals surface area (Å²) in [6.07, 6.45) is 2.73. The number of nitrogens with zero attached hydrogens (tertiary/aromatic N) is 1. The lowest BCUT2D eigenvalue weighted by Crippen LogP contribution is -1.99. The molecule has 0 radical (unpaired) electrons. The van der Waals surface area contributed by atoms with Gasteiger partial charge in [-0.15, -0.1) is 0 Å². The zero-order valence-corrected chi connectivity index (χ0v) is 8.73. The van der Waals surface area contributed by atoms with Crippen LogP contribution in [0.2, 0.25) is 0 Å². The van der Waals surface area contributed by atoms with E-state index in [2.05, 4.69) is 11.9 Å². The van der Waals surface area contributed by atoms with Gasteiger partial charge in [0.15, 0.2) is 0 Å². The van der Waals surface area contributed by atoms with Gasteiger partial charge in [0.1, 0.15) is 5.75 Å². The Morgan fingerprint density at radius 1 is 1.33 bits per heavy atom. The van der Waals surface area contributed by atoms with Crippen molar-refractivity contribution in [3.63, 3.8) is 0 Å². The van der Waals surface area contributed by atoms with Crippen LogP contribution in [0, 0.1) is 0 Å². The summed E-state index contributed by atoms with van der Waals surface area (Å²) < 4.78 is 5.54. The molecule has 2 rings (SSSR count). The van der Waals surface area contributed by atoms with Gasteiger partial charge in [-0.3, -0.25) is 4.98 Å². The zero-order chi connectivity index (χ0) is 10.7. The Morgan fingerprint density at radius 3 is 3.00 bits per heavy atom. The molecule has 1 aromatic heterocycles. The first-order valence-electron chi connectivity index (χ1n) is 5.09. The number of anilines is 1. The summed E-state index contributed by atoms with van der Waals surface area (Å²) in [5.41, 5.74) is 7.57. The van der Waals surface area contributed by atoms with Crippen molar-refractivity contribution in [2.24, 2.45) is 0 Å². The Kier molecular flexibility index (Phi) is 2.72. The van der Waals surface area contributed by atoms with E-state index in [1.165, 1.54) is 0 Å². The number of aromatic nitrogens is 1. The maximum Gasteiger partial charge on any atom is 0.142 e. The summed E-state index contributed by atoms with van der Waals surface area (Å²) in [5.74, 6) is 0.748. The number of fused-ring (bicyclic) bond motifs is 1. The van der Waals surface area contributed by atoms with E-state index in [0.29, 0.717) is 12.3 Å². The van der Waals surface area contributed by atoms with E-state index in [1.54, 1.807) is 6.20 Å². The summed E-state index contributed by atoms with van der Waals surface area (Å²) >= 11 is 0. The predicted octanol–water partition coefficient (Wildman–Crippen LogP) is 2.61. The number of pyridine rings is 1. The maximum absolute atomic E-state index is 5.99. The van der Waals surface area contributed by atoms with Crippen molar-refractivity contribution in [1.29, 1.82) is 0 Å². The average molecular weight is 202 g/mol. The van der Waals surface area contributed by atoms with E-state index in [-0.39, 0.29) is 0 Å². The van der Waals surface area contributed by atoms with Gasteiger partial charge in [0.05, 0.1) is 17.8 Å². The zero-order valence-electron chi connectivity index (χ0n) is 8.73. The lowest BCUT2D eigenvalue weighted by atomic mass is 10.1. The van der Waals surface area contributed by atoms with Gasteiger partial charge >= 0.3 is 0 Å². The number of hydrogen-bond acceptors (Lipinski definition) is 3. The highest BCUT2D eigenvalue weighted by atomic mass is 16.5. The monoisotopic (exact) mass is 202 g/mol. The molecule has 0 atom stereocenters. The maximum atomic E-state index is 5.99. The molecule has 0 unspecified atom stereocenters. The Labute approximate surface area is 88.9 Å². The molecular weight excluding hydrogens is 188 g/mol. The molecule has 78 valence electrons. The molecule has 1 aromatic carbocycles. The summed E-state index contributed by atoms with van der Waals surface area (Å²) in [5, 5.41) is 0.950. The number of hydrogen-bond donors (Lipinski definition) is 1. The van der Waals surface area contributed by atoms with Crippen molar-refractivity contribution in [2.45, 2.75) is 13.3 Å². The summed E-state index contributed by atoms with van der Waals surface area (Å²) in [6, 6.07) is 7.63. The Bertz CT molecular complexity index is 468. The molecule has 0 amide bonds. The second-order valence-corrected chi connectivity index (χ2v) is 3.40. The van der Waals surface area contributed by atoms with Gasteiger partial charge < -0.3 is 10.5 Å². The molecule has 3 heteroatoms. The molecule has 2 aromatic rings. The standard InChI is InChI=1S/C12H14N2O/c1-2-8-15-11-6-5-10-9(12(11)13)4-3-7-14-10/h3-7H,2,8,13H2,1H3. The minimum absolute atomic E-state index is 0.675. The number of benzene rings is 1. The van der Waals surface area contributed by atoms with Gasteiger partial charge in [0.2, 0.25) is 0 Å². The van der Waals surface area contributed by atoms with Gasteiger partial charge in [-0.25, -0.2) is 0 Å². The fourth-order valence-corrected chi connectivity index (χ4v) is 1.49. The molecule has 3 nitrogen and oxygen atoms in total. The van der Waals surface area contributed by atoms with Crippen LogP contribution in [0.3, 0.4) is 0 Å². The summed E-state index contributed by atoms with van der Waals surface area (Å²) in [4.78, 5) is 4.23. The third-order valence-electron chi connectivity index (χ3n) is 2.25. The molecule has 0 fully saturated rings. The molecule has 0 aliphatic rings. The number of nitrogens with two attached hydrogens (primary N) is 1. The number of ether oxygens (including phenoxy) is 1. The van der Waals surface area contributed by atoms with E-state index < -0.39 is 0 Å². The summed E-state index contributed by atoms with van der Waals surface area (Å²) in [6.45, 7) is 2.76. The van der Waals surface area contributed by atoms with Crippen LogP contribution < -0.4 is 10.5 Å². The van der Waals surface area contributed by atoms with Crippen molar-refractivity contribution >= 4 is 16.6 Å². The predicted molar refractivity (Wildman–Crippen MR) is 61.9 cm³/mol. The van der Waals surface area contributed by atoms with Crippen molar-refractivity contribution in [3.8, 4) is 5.75 Å². The van der Waals surface area contributed by atoms with Crippen LogP contribution in [0.1, 0.15) is 13.3 Å². The SMILES string of the molecule is CCCOc1ccc2ncccc2c1N. The van der Waals surface area contributed by atoms with Crippen LogP contribution >= 0.6 is 0 Å². The Hall–Kier alpha value is -1.77. The first-order chi connectivity index (χ1) is 7.33. The largest absolute Gasteiger partial charge is 0.491 e. The molecule has 0 saturated carbocycles. The van der Waals surface area contributed by atoms with Crippen LogP contribution in [0.4, 0.5) is 5.69 Å². The van der Waals surface area contributed by atoms with E-state index in [4.69, 9.17) is 10.5 Å². The highest BCUT2D eigenvalue weighted by Crippen LogP contribution is 2.29. The molecule has 0 aliphatic carbocycles. The average Bonchev–Trinajstić information content (AvgIpc) is 2.29. The first kappa shape index (κ1) is 9.77. The highest BCUT2D eigenvalue weighted by Gasteiger charge is 2.04. The fourth-order valence-electron chi connectivity index (χ4n) is 1.49. The van der Waals surface area contributed by atoms with Crippen molar-refractivity contribution in [2.75, 3.05) is 12.3 Å². The van der Waals surface area contributed by atoms with Crippen molar-refractivity contribution in [3.05, 3.63) is 30.5 Å². The van der Waals surface area contributed by atoms with Gasteiger partial charge in [-0.2, -0.15) is 0 Å². The number of rotatable bonds is 3. The Morgan fingerprint density at radius 2 is 2.20 bits per heavy atom. The third-order valence-corrected chi connectivity index (χ3v) is 2.25. The lowest BCUT2D eigenvalue weighted by Gasteiger charge is -2.09. The first-order valence-corrected chi connectivity index (χ1v) is 5.09. The minimum atomic E-state index is 0.675. The van der Waals surface area contributed by atoms with Crippen LogP contribution in [-0.2, 0) is 0 Å². The van der Waals surface area contributed by atoms with E-state index in [1.807, 2.05) is 24.3 Å². The van der Waals surface area contributed by atoms with Crippen LogP contribution in [0.15, 0.2) is 30.5 Å². The van der Waals surface area contributed by atoms with Crippen LogP contribution in [-0.4, -0.2) is 11.6 Å². The van der Waals surface area contributed by atoms with Gasteiger partial charge in [-0.05, 0) is 30.7 Å². The molecule has 0 spiro atoms. The second kappa shape index (κ2) is 4.17. The summed E-state index contributed by atoms with van der Waals surface area (Å²) in [7, 11) is 0. The highest BCUT2D eigenvalue weighted by molar-refractivity contribution is 5.93. The molecule has 15 heavy (non-hydrogen) atoms. The van der Waals surface area contributed by atoms with Crippen LogP contribution in [0.25, 0.3) is 10.9 Å². The topological polar surface area (TPSA) is 48.1 Å². The van der Waals surface area contributed by atoms with Gasteiger partial charge in [-0.1, -0.05) is 6.92 Å². The van der Waals surface area contributed by atoms with Crippen molar-refractivity contribution < 1.29 is 4.74 Å². The smallest absolute Gasteiger partial charge is 0.142 e. The molecule has 0 aliphatic heterocycles. The lowest BCUT2D eigenvalue weighted by molar-refractivity contribution is 0.319. The molecule has 0 saturated heterocycles. The van der Waals surface area contributed by atoms with Crippen LogP contribution in [0.5, 0.6) is 5.75 Å². The normalized spacial score (nSPS) is 10.5. The van der Waals surface area contributed by atoms with E-state index >= 15 is 0 Å². The molecule has 0 bridgehead atoms. The quantitative estimate of drug-likeness (QED) is 0.778. The van der Waals surface area contributed by atoms with Gasteiger partial charge in [0.25, 0.3) is 0 Å². The Balaban J connectivity index is 2.45. The second-order valence-electron chi connectivity index (χ2n) is 3.40. The fraction of sp³-hybridized carbons (Fsp3) is 0.250. The number of nitrogen functional groups attached to an aromatic ring is 1. The van der Waals surface area contributed by atoms with Gasteiger partial charge in [0, 0.05) is 11.6 Å². The van der Waals surface area contributed by atoms with E-state index in [9.17, 15) is 0 Å². The molecule has 2 N–H and O–H groups in total. The van der Waals surface area contributed by atoms with E-state index in [0.717, 1.165) is 23.1 Å². The molecular formula is C12H14N2O. The van der Waals surface area contributed by atoms with Crippen molar-refractivity contribution in [1.82, 2.24) is 4.98 Å². The minimum Gasteiger partial charge on any atom is -0.491 e.